The van der Waals surface area contributed by atoms with E-state index in [4.69, 9.17) is 9.47 Å². The average molecular weight is 321 g/mol. The molecular formula is C17H23NO5. The van der Waals surface area contributed by atoms with Crippen LogP contribution in [0.4, 0.5) is 4.79 Å². The molecule has 1 aromatic rings. The highest BCUT2D eigenvalue weighted by molar-refractivity contribution is 5.76. The molecule has 1 saturated heterocycles. The lowest BCUT2D eigenvalue weighted by Crippen LogP contribution is -2.35. The van der Waals surface area contributed by atoms with Crippen molar-refractivity contribution in [3.8, 4) is 5.75 Å². The number of ether oxygens (including phenoxy) is 2. The molecule has 1 heterocycles. The van der Waals surface area contributed by atoms with Gasteiger partial charge < -0.3 is 19.5 Å². The van der Waals surface area contributed by atoms with E-state index >= 15 is 0 Å². The van der Waals surface area contributed by atoms with Crippen LogP contribution in [0, 0.1) is 5.92 Å². The van der Waals surface area contributed by atoms with Crippen molar-refractivity contribution in [2.45, 2.75) is 32.3 Å². The zero-order valence-corrected chi connectivity index (χ0v) is 13.9. The molecule has 1 aromatic carbocycles. The van der Waals surface area contributed by atoms with E-state index in [1.807, 2.05) is 18.2 Å². The summed E-state index contributed by atoms with van der Waals surface area (Å²) in [4.78, 5) is 25.3. The third-order valence-electron chi connectivity index (χ3n) is 3.81. The van der Waals surface area contributed by atoms with Crippen LogP contribution in [0.25, 0.3) is 0 Å². The lowest BCUT2D eigenvalue weighted by molar-refractivity contribution is -0.141. The third kappa shape index (κ3) is 4.15. The number of carboxylic acid groups (broad SMARTS) is 1. The van der Waals surface area contributed by atoms with E-state index < -0.39 is 23.6 Å². The molecule has 0 spiro atoms. The Morgan fingerprint density at radius 1 is 1.26 bits per heavy atom. The van der Waals surface area contributed by atoms with Crippen LogP contribution in [-0.2, 0) is 9.53 Å². The average Bonchev–Trinajstić information content (AvgIpc) is 2.91. The van der Waals surface area contributed by atoms with Crippen LogP contribution in [0.1, 0.15) is 32.3 Å². The Bertz CT molecular complexity index is 593. The number of hydrogen-bond acceptors (Lipinski definition) is 4. The second kappa shape index (κ2) is 6.48. The first-order chi connectivity index (χ1) is 10.7. The molecule has 0 saturated carbocycles. The molecule has 0 aromatic heterocycles. The van der Waals surface area contributed by atoms with Gasteiger partial charge in [-0.05, 0) is 38.5 Å². The number of methoxy groups -OCH3 is 1. The summed E-state index contributed by atoms with van der Waals surface area (Å²) < 4.78 is 10.5. The van der Waals surface area contributed by atoms with Crippen molar-refractivity contribution in [2.75, 3.05) is 20.2 Å². The SMILES string of the molecule is COc1cccc([C@@H]2CN(C(=O)OC(C)(C)C)C[C@H]2C(=O)O)c1. The van der Waals surface area contributed by atoms with Crippen molar-refractivity contribution in [3.05, 3.63) is 29.8 Å². The Kier molecular flexibility index (Phi) is 4.82. The molecule has 0 unspecified atom stereocenters. The fourth-order valence-electron chi connectivity index (χ4n) is 2.74. The van der Waals surface area contributed by atoms with Gasteiger partial charge in [-0.1, -0.05) is 12.1 Å². The van der Waals surface area contributed by atoms with E-state index in [9.17, 15) is 14.7 Å². The molecule has 1 fully saturated rings. The monoisotopic (exact) mass is 321 g/mol. The molecule has 6 heteroatoms. The maximum absolute atomic E-state index is 12.2. The number of benzene rings is 1. The molecular weight excluding hydrogens is 298 g/mol. The molecule has 6 nitrogen and oxygen atoms in total. The summed E-state index contributed by atoms with van der Waals surface area (Å²) in [6, 6.07) is 7.31. The van der Waals surface area contributed by atoms with Crippen LogP contribution in [0.15, 0.2) is 24.3 Å². The summed E-state index contributed by atoms with van der Waals surface area (Å²) in [5.74, 6) is -1.18. The Balaban J connectivity index is 2.21. The fourth-order valence-corrected chi connectivity index (χ4v) is 2.74. The summed E-state index contributed by atoms with van der Waals surface area (Å²) in [7, 11) is 1.56. The molecule has 23 heavy (non-hydrogen) atoms. The highest BCUT2D eigenvalue weighted by Crippen LogP contribution is 2.35. The number of amides is 1. The highest BCUT2D eigenvalue weighted by Gasteiger charge is 2.41. The number of carbonyl (C=O) groups is 2. The van der Waals surface area contributed by atoms with Crippen LogP contribution in [0.5, 0.6) is 5.75 Å². The minimum Gasteiger partial charge on any atom is -0.497 e. The molecule has 1 amide bonds. The van der Waals surface area contributed by atoms with Gasteiger partial charge in [0.25, 0.3) is 0 Å². The number of aliphatic carboxylic acids is 1. The van der Waals surface area contributed by atoms with Crippen molar-refractivity contribution in [1.82, 2.24) is 4.90 Å². The molecule has 2 atom stereocenters. The summed E-state index contributed by atoms with van der Waals surface area (Å²) >= 11 is 0. The number of carbonyl (C=O) groups excluding carboxylic acids is 1. The zero-order chi connectivity index (χ0) is 17.2. The second-order valence-electron chi connectivity index (χ2n) is 6.71. The van der Waals surface area contributed by atoms with Gasteiger partial charge in [0.05, 0.1) is 13.0 Å². The van der Waals surface area contributed by atoms with Gasteiger partial charge in [-0.2, -0.15) is 0 Å². The Labute approximate surface area is 136 Å². The van der Waals surface area contributed by atoms with E-state index in [2.05, 4.69) is 0 Å². The number of likely N-dealkylation sites (tertiary alicyclic amines) is 1. The van der Waals surface area contributed by atoms with Crippen LogP contribution < -0.4 is 4.74 Å². The normalized spacial score (nSPS) is 21.1. The minimum atomic E-state index is -0.913. The van der Waals surface area contributed by atoms with E-state index in [1.165, 1.54) is 4.90 Å². The standard InChI is InChI=1S/C17H23NO5/c1-17(2,3)23-16(21)18-9-13(14(10-18)15(19)20)11-6-5-7-12(8-11)22-4/h5-8,13-14H,9-10H2,1-4H3,(H,19,20)/t13-,14+/m0/s1. The van der Waals surface area contributed by atoms with E-state index in [1.54, 1.807) is 33.9 Å². The molecule has 2 rings (SSSR count). The fraction of sp³-hybridized carbons (Fsp3) is 0.529. The van der Waals surface area contributed by atoms with Gasteiger partial charge in [0.2, 0.25) is 0 Å². The molecule has 1 aliphatic rings. The van der Waals surface area contributed by atoms with Gasteiger partial charge in [-0.25, -0.2) is 4.79 Å². The van der Waals surface area contributed by atoms with Gasteiger partial charge in [-0.3, -0.25) is 4.79 Å². The van der Waals surface area contributed by atoms with E-state index in [0.717, 1.165) is 5.56 Å². The summed E-state index contributed by atoms with van der Waals surface area (Å²) in [5.41, 5.74) is 0.243. The summed E-state index contributed by atoms with van der Waals surface area (Å²) in [6.45, 7) is 5.82. The Morgan fingerprint density at radius 3 is 2.52 bits per heavy atom. The van der Waals surface area contributed by atoms with Gasteiger partial charge >= 0.3 is 12.1 Å². The second-order valence-corrected chi connectivity index (χ2v) is 6.71. The van der Waals surface area contributed by atoms with Crippen LogP contribution in [0.3, 0.4) is 0 Å². The molecule has 1 N–H and O–H groups in total. The Morgan fingerprint density at radius 2 is 1.96 bits per heavy atom. The number of nitrogens with zero attached hydrogens (tertiary/aromatic N) is 1. The van der Waals surface area contributed by atoms with Crippen molar-refractivity contribution >= 4 is 12.1 Å². The van der Waals surface area contributed by atoms with Gasteiger partial charge in [0, 0.05) is 19.0 Å². The Hall–Kier alpha value is -2.24. The van der Waals surface area contributed by atoms with Crippen molar-refractivity contribution in [2.24, 2.45) is 5.92 Å². The summed E-state index contributed by atoms with van der Waals surface area (Å²) in [6.07, 6.45) is -0.478. The molecule has 126 valence electrons. The van der Waals surface area contributed by atoms with Crippen LogP contribution in [-0.4, -0.2) is 47.9 Å². The van der Waals surface area contributed by atoms with Crippen LogP contribution >= 0.6 is 0 Å². The smallest absolute Gasteiger partial charge is 0.410 e. The van der Waals surface area contributed by atoms with Gasteiger partial charge in [0.15, 0.2) is 0 Å². The van der Waals surface area contributed by atoms with Crippen molar-refractivity contribution in [3.63, 3.8) is 0 Å². The number of carboxylic acids is 1. The number of hydrogen-bond donors (Lipinski definition) is 1. The first kappa shape index (κ1) is 17.1. The molecule has 0 aliphatic carbocycles. The largest absolute Gasteiger partial charge is 0.497 e. The summed E-state index contributed by atoms with van der Waals surface area (Å²) in [5, 5.41) is 9.49. The first-order valence-corrected chi connectivity index (χ1v) is 7.56. The van der Waals surface area contributed by atoms with Crippen molar-refractivity contribution in [1.29, 1.82) is 0 Å². The minimum absolute atomic E-state index is 0.145. The van der Waals surface area contributed by atoms with Crippen molar-refractivity contribution < 1.29 is 24.2 Å². The van der Waals surface area contributed by atoms with Gasteiger partial charge in [-0.15, -0.1) is 0 Å². The predicted molar refractivity (Wildman–Crippen MR) is 84.7 cm³/mol. The lowest BCUT2D eigenvalue weighted by Gasteiger charge is -2.24. The first-order valence-electron chi connectivity index (χ1n) is 7.56. The molecule has 0 radical (unpaired) electrons. The highest BCUT2D eigenvalue weighted by atomic mass is 16.6. The molecule has 1 aliphatic heterocycles. The van der Waals surface area contributed by atoms with Crippen LogP contribution in [0.2, 0.25) is 0 Å². The predicted octanol–water partition coefficient (Wildman–Crippen LogP) is 2.73. The topological polar surface area (TPSA) is 76.1 Å². The molecule has 0 bridgehead atoms. The third-order valence-corrected chi connectivity index (χ3v) is 3.81. The van der Waals surface area contributed by atoms with E-state index in [0.29, 0.717) is 12.3 Å². The maximum Gasteiger partial charge on any atom is 0.410 e. The zero-order valence-electron chi connectivity index (χ0n) is 13.9. The number of rotatable bonds is 3. The van der Waals surface area contributed by atoms with Gasteiger partial charge in [0.1, 0.15) is 11.4 Å². The quantitative estimate of drug-likeness (QED) is 0.926. The van der Waals surface area contributed by atoms with E-state index in [-0.39, 0.29) is 12.5 Å². The lowest BCUT2D eigenvalue weighted by atomic mass is 9.89. The maximum atomic E-state index is 12.2.